The first-order valence-electron chi connectivity index (χ1n) is 8.49. The minimum absolute atomic E-state index is 0.125. The summed E-state index contributed by atoms with van der Waals surface area (Å²) in [4.78, 5) is 26.5. The van der Waals surface area contributed by atoms with E-state index < -0.39 is 0 Å². The average molecular weight is 365 g/mol. The molecule has 27 heavy (non-hydrogen) atoms. The molecule has 2 heterocycles. The van der Waals surface area contributed by atoms with Crippen molar-refractivity contribution in [3.63, 3.8) is 0 Å². The van der Waals surface area contributed by atoms with Gasteiger partial charge >= 0.3 is 0 Å². The summed E-state index contributed by atoms with van der Waals surface area (Å²) in [5, 5.41) is 6.59. The summed E-state index contributed by atoms with van der Waals surface area (Å²) in [6, 6.07) is 14.6. The summed E-state index contributed by atoms with van der Waals surface area (Å²) in [5.41, 5.74) is 1.66. The molecule has 3 aromatic rings. The van der Waals surface area contributed by atoms with Crippen molar-refractivity contribution >= 4 is 17.5 Å². The molecule has 1 aliphatic heterocycles. The Hall–Kier alpha value is -3.48. The zero-order valence-corrected chi connectivity index (χ0v) is 14.3. The maximum atomic E-state index is 13.1. The first kappa shape index (κ1) is 17.0. The van der Waals surface area contributed by atoms with Crippen LogP contribution in [0, 0.1) is 5.82 Å². The predicted molar refractivity (Wildman–Crippen MR) is 96.6 cm³/mol. The number of benzene rings is 2. The second kappa shape index (κ2) is 7.03. The van der Waals surface area contributed by atoms with Gasteiger partial charge in [0.1, 0.15) is 11.4 Å². The van der Waals surface area contributed by atoms with E-state index in [0.717, 1.165) is 5.56 Å². The number of nitrogens with one attached hydrogen (secondary N) is 1. The fourth-order valence-corrected chi connectivity index (χ4v) is 3.14. The molecule has 1 saturated heterocycles. The van der Waals surface area contributed by atoms with Crippen LogP contribution >= 0.6 is 0 Å². The number of hydrogen-bond donors (Lipinski definition) is 1. The third-order valence-electron chi connectivity index (χ3n) is 4.45. The van der Waals surface area contributed by atoms with Gasteiger partial charge in [0.2, 0.25) is 5.91 Å². The predicted octanol–water partition coefficient (Wildman–Crippen LogP) is 3.02. The van der Waals surface area contributed by atoms with E-state index in [1.54, 1.807) is 12.1 Å². The van der Waals surface area contributed by atoms with Crippen LogP contribution in [-0.2, 0) is 4.79 Å². The molecule has 1 aromatic heterocycles. The SMILES string of the molecule is O=C(N[C@@H]1CC(=O)N(c2ccc(F)cc2)C1)c1cnoc1-c1ccccc1. The highest BCUT2D eigenvalue weighted by Gasteiger charge is 2.32. The molecule has 136 valence electrons. The number of hydrogen-bond acceptors (Lipinski definition) is 4. The molecular formula is C20H16FN3O3. The zero-order valence-electron chi connectivity index (χ0n) is 14.3. The van der Waals surface area contributed by atoms with Crippen LogP contribution in [0.25, 0.3) is 11.3 Å². The third kappa shape index (κ3) is 3.44. The molecule has 1 atom stereocenters. The van der Waals surface area contributed by atoms with Gasteiger partial charge in [-0.15, -0.1) is 0 Å². The van der Waals surface area contributed by atoms with Crippen molar-refractivity contribution in [2.24, 2.45) is 0 Å². The van der Waals surface area contributed by atoms with Gasteiger partial charge in [0.15, 0.2) is 5.76 Å². The van der Waals surface area contributed by atoms with Crippen molar-refractivity contribution in [2.45, 2.75) is 12.5 Å². The average Bonchev–Trinajstić information content (AvgIpc) is 3.30. The summed E-state index contributed by atoms with van der Waals surface area (Å²) in [6.07, 6.45) is 1.54. The summed E-state index contributed by atoms with van der Waals surface area (Å²) >= 11 is 0. The topological polar surface area (TPSA) is 75.4 Å². The molecule has 1 fully saturated rings. The van der Waals surface area contributed by atoms with Gasteiger partial charge in [0.25, 0.3) is 5.91 Å². The van der Waals surface area contributed by atoms with Crippen LogP contribution < -0.4 is 10.2 Å². The second-order valence-corrected chi connectivity index (χ2v) is 6.29. The van der Waals surface area contributed by atoms with Crippen molar-refractivity contribution < 1.29 is 18.5 Å². The third-order valence-corrected chi connectivity index (χ3v) is 4.45. The Morgan fingerprint density at radius 1 is 1.15 bits per heavy atom. The number of rotatable bonds is 4. The van der Waals surface area contributed by atoms with Crippen LogP contribution in [0.1, 0.15) is 16.8 Å². The molecule has 7 heteroatoms. The molecule has 4 rings (SSSR count). The fourth-order valence-electron chi connectivity index (χ4n) is 3.14. The van der Waals surface area contributed by atoms with E-state index in [2.05, 4.69) is 10.5 Å². The van der Waals surface area contributed by atoms with E-state index in [1.807, 2.05) is 30.3 Å². The molecule has 0 bridgehead atoms. The van der Waals surface area contributed by atoms with Crippen LogP contribution in [0.2, 0.25) is 0 Å². The van der Waals surface area contributed by atoms with E-state index in [4.69, 9.17) is 4.52 Å². The molecule has 0 unspecified atom stereocenters. The molecule has 0 spiro atoms. The van der Waals surface area contributed by atoms with Gasteiger partial charge in [-0.05, 0) is 24.3 Å². The Bertz CT molecular complexity index is 970. The number of anilines is 1. The van der Waals surface area contributed by atoms with Crippen molar-refractivity contribution in [2.75, 3.05) is 11.4 Å². The smallest absolute Gasteiger partial charge is 0.257 e. The van der Waals surface area contributed by atoms with Crippen LogP contribution in [-0.4, -0.2) is 29.6 Å². The second-order valence-electron chi connectivity index (χ2n) is 6.29. The number of carbonyl (C=O) groups excluding carboxylic acids is 2. The lowest BCUT2D eigenvalue weighted by molar-refractivity contribution is -0.117. The monoisotopic (exact) mass is 365 g/mol. The van der Waals surface area contributed by atoms with Gasteiger partial charge in [-0.2, -0.15) is 0 Å². The van der Waals surface area contributed by atoms with Crippen molar-refractivity contribution in [3.05, 3.63) is 72.2 Å². The first-order chi connectivity index (χ1) is 13.1. The number of halogens is 1. The molecule has 0 aliphatic carbocycles. The molecule has 1 N–H and O–H groups in total. The van der Waals surface area contributed by atoms with Gasteiger partial charge in [-0.25, -0.2) is 4.39 Å². The Morgan fingerprint density at radius 2 is 1.89 bits per heavy atom. The Balaban J connectivity index is 1.48. The minimum atomic E-state index is -0.365. The lowest BCUT2D eigenvalue weighted by Gasteiger charge is -2.17. The van der Waals surface area contributed by atoms with Gasteiger partial charge in [-0.3, -0.25) is 9.59 Å². The van der Waals surface area contributed by atoms with E-state index in [9.17, 15) is 14.0 Å². The summed E-state index contributed by atoms with van der Waals surface area (Å²) in [7, 11) is 0. The lowest BCUT2D eigenvalue weighted by Crippen LogP contribution is -2.37. The summed E-state index contributed by atoms with van der Waals surface area (Å²) in [6.45, 7) is 0.322. The van der Waals surface area contributed by atoms with Crippen molar-refractivity contribution in [1.29, 1.82) is 0 Å². The Morgan fingerprint density at radius 3 is 2.63 bits per heavy atom. The fraction of sp³-hybridized carbons (Fsp3) is 0.150. The molecule has 6 nitrogen and oxygen atoms in total. The molecule has 1 aliphatic rings. The quantitative estimate of drug-likeness (QED) is 0.771. The van der Waals surface area contributed by atoms with Gasteiger partial charge in [-0.1, -0.05) is 35.5 Å². The highest BCUT2D eigenvalue weighted by atomic mass is 19.1. The van der Waals surface area contributed by atoms with Crippen molar-refractivity contribution in [1.82, 2.24) is 10.5 Å². The highest BCUT2D eigenvalue weighted by Crippen LogP contribution is 2.25. The minimum Gasteiger partial charge on any atom is -0.355 e. The lowest BCUT2D eigenvalue weighted by atomic mass is 10.1. The molecule has 0 radical (unpaired) electrons. The Labute approximate surface area is 154 Å². The van der Waals surface area contributed by atoms with Gasteiger partial charge < -0.3 is 14.7 Å². The van der Waals surface area contributed by atoms with E-state index >= 15 is 0 Å². The van der Waals surface area contributed by atoms with Crippen LogP contribution in [0.3, 0.4) is 0 Å². The van der Waals surface area contributed by atoms with E-state index in [-0.39, 0.29) is 30.1 Å². The number of aromatic nitrogens is 1. The summed E-state index contributed by atoms with van der Waals surface area (Å²) < 4.78 is 18.3. The molecule has 2 aromatic carbocycles. The van der Waals surface area contributed by atoms with Crippen LogP contribution in [0.15, 0.2) is 65.3 Å². The van der Waals surface area contributed by atoms with E-state index in [1.165, 1.54) is 23.2 Å². The number of carbonyl (C=O) groups is 2. The zero-order chi connectivity index (χ0) is 18.8. The molecule has 2 amide bonds. The summed E-state index contributed by atoms with van der Waals surface area (Å²) in [5.74, 6) is -0.460. The maximum Gasteiger partial charge on any atom is 0.257 e. The Kier molecular flexibility index (Phi) is 4.42. The van der Waals surface area contributed by atoms with Crippen LogP contribution in [0.5, 0.6) is 0 Å². The standard InChI is InChI=1S/C20H16FN3O3/c21-14-6-8-16(9-7-14)24-12-15(10-18(24)25)23-20(26)17-11-22-27-19(17)13-4-2-1-3-5-13/h1-9,11,15H,10,12H2,(H,23,26)/t15-/m1/s1. The number of nitrogens with zero attached hydrogens (tertiary/aromatic N) is 2. The van der Waals surface area contributed by atoms with Crippen molar-refractivity contribution in [3.8, 4) is 11.3 Å². The molecule has 0 saturated carbocycles. The number of amides is 2. The normalized spacial score (nSPS) is 16.6. The molecular weight excluding hydrogens is 349 g/mol. The van der Waals surface area contributed by atoms with Crippen LogP contribution in [0.4, 0.5) is 10.1 Å². The maximum absolute atomic E-state index is 13.1. The van der Waals surface area contributed by atoms with Gasteiger partial charge in [0.05, 0.1) is 12.2 Å². The first-order valence-corrected chi connectivity index (χ1v) is 8.49. The van der Waals surface area contributed by atoms with E-state index in [0.29, 0.717) is 23.6 Å². The highest BCUT2D eigenvalue weighted by molar-refractivity contribution is 6.01. The van der Waals surface area contributed by atoms with Gasteiger partial charge in [0, 0.05) is 24.2 Å². The largest absolute Gasteiger partial charge is 0.355 e.